The largest absolute Gasteiger partial charge is 0.760 e. The highest BCUT2D eigenvalue weighted by molar-refractivity contribution is 7.76. The number of halogens is 2. The maximum absolute atomic E-state index is 13.8. The summed E-state index contributed by atoms with van der Waals surface area (Å²) in [5.74, 6) is -3.27. The van der Waals surface area contributed by atoms with Crippen LogP contribution in [0.2, 0.25) is 0 Å². The van der Waals surface area contributed by atoms with Gasteiger partial charge in [-0.25, -0.2) is 17.9 Å². The van der Waals surface area contributed by atoms with Gasteiger partial charge in [0.1, 0.15) is 0 Å². The molecule has 0 amide bonds. The lowest BCUT2D eigenvalue weighted by Crippen LogP contribution is -2.34. The van der Waals surface area contributed by atoms with E-state index in [1.54, 1.807) is 11.0 Å². The Morgan fingerprint density at radius 2 is 2.06 bits per heavy atom. The van der Waals surface area contributed by atoms with Gasteiger partial charge in [0, 0.05) is 43.0 Å². The molecule has 2 aromatic rings. The summed E-state index contributed by atoms with van der Waals surface area (Å²) in [5, 5.41) is 0. The second-order valence-corrected chi connectivity index (χ2v) is 8.35. The summed E-state index contributed by atoms with van der Waals surface area (Å²) in [6, 6.07) is 12.0. The van der Waals surface area contributed by atoms with Crippen LogP contribution in [0.4, 0.5) is 8.78 Å². The maximum Gasteiger partial charge on any atom is 0.339 e. The topological polar surface area (TPSA) is 85.8 Å². The van der Waals surface area contributed by atoms with Gasteiger partial charge < -0.3 is 9.29 Å². The van der Waals surface area contributed by atoms with Crippen LogP contribution in [0.15, 0.2) is 48.7 Å². The molecule has 7 nitrogen and oxygen atoms in total. The number of ether oxygens (including phenoxy) is 1. The zero-order chi connectivity index (χ0) is 22.4. The summed E-state index contributed by atoms with van der Waals surface area (Å²) in [5.41, 5.74) is 1.60. The van der Waals surface area contributed by atoms with Crippen LogP contribution < -0.4 is 0 Å². The Balaban J connectivity index is 1.70. The van der Waals surface area contributed by atoms with Gasteiger partial charge in [-0.15, -0.1) is 0 Å². The molecule has 3 rings (SSSR count). The second-order valence-electron chi connectivity index (χ2n) is 7.40. The van der Waals surface area contributed by atoms with Crippen molar-refractivity contribution < 1.29 is 27.1 Å². The lowest BCUT2D eigenvalue weighted by molar-refractivity contribution is 0.00672. The third-order valence-electron chi connectivity index (χ3n) is 5.27. The fourth-order valence-electron chi connectivity index (χ4n) is 3.67. The molecule has 2 unspecified atom stereocenters. The second kappa shape index (κ2) is 10.4. The molecule has 2 heterocycles. The van der Waals surface area contributed by atoms with Crippen molar-refractivity contribution >= 4 is 17.2 Å². The van der Waals surface area contributed by atoms with Crippen LogP contribution >= 0.6 is 0 Å². The van der Waals surface area contributed by atoms with Crippen LogP contribution in [0.5, 0.6) is 0 Å². The number of aromatic nitrogens is 1. The molecule has 0 aliphatic carbocycles. The fourth-order valence-corrected chi connectivity index (χ4v) is 4.17. The van der Waals surface area contributed by atoms with Gasteiger partial charge >= 0.3 is 5.97 Å². The van der Waals surface area contributed by atoms with Crippen LogP contribution in [0.1, 0.15) is 40.5 Å². The van der Waals surface area contributed by atoms with Crippen LogP contribution in [-0.2, 0) is 22.5 Å². The van der Waals surface area contributed by atoms with Crippen LogP contribution in [0.3, 0.4) is 0 Å². The highest BCUT2D eigenvalue weighted by atomic mass is 32.2. The molecule has 0 N–H and O–H groups in total. The first-order valence-electron chi connectivity index (χ1n) is 9.83. The van der Waals surface area contributed by atoms with E-state index >= 15 is 0 Å². The summed E-state index contributed by atoms with van der Waals surface area (Å²) >= 11 is -2.52. The van der Waals surface area contributed by atoms with Crippen LogP contribution in [0.25, 0.3) is 0 Å². The first-order chi connectivity index (χ1) is 14.8. The van der Waals surface area contributed by atoms with Gasteiger partial charge in [-0.2, -0.15) is 0 Å². The van der Waals surface area contributed by atoms with Crippen molar-refractivity contribution in [2.45, 2.75) is 31.4 Å². The van der Waals surface area contributed by atoms with Gasteiger partial charge in [-0.1, -0.05) is 30.3 Å². The Morgan fingerprint density at radius 3 is 2.61 bits per heavy atom. The van der Waals surface area contributed by atoms with E-state index in [9.17, 15) is 22.3 Å². The number of esters is 1. The Hall–Kier alpha value is -2.27. The number of methoxy groups -OCH3 is 1. The fraction of sp³-hybridized carbons (Fsp3) is 0.429. The lowest BCUT2D eigenvalue weighted by Gasteiger charge is -2.31. The number of hydrogen-bond acceptors (Lipinski definition) is 6. The standard InChI is InChI=1S/C21H25F2N3O4S/c1-30-20(27)17-7-8-18(24-13-17)14-26(31(28)29)11-9-19(16-5-3-2-4-6-16)25-12-10-21(22,23)15-25/h2-8,13,19H,9-12,14-15H2,1H3,(H,28,29)/p-1. The number of carbonyl (C=O) groups is 1. The third-order valence-corrected chi connectivity index (χ3v) is 6.00. The number of carbonyl (C=O) groups excluding carboxylic acids is 1. The molecule has 0 bridgehead atoms. The maximum atomic E-state index is 13.8. The summed E-state index contributed by atoms with van der Waals surface area (Å²) < 4.78 is 57.0. The van der Waals surface area contributed by atoms with Crippen molar-refractivity contribution in [3.05, 3.63) is 65.5 Å². The SMILES string of the molecule is COC(=O)c1ccc(CN(CCC(c2ccccc2)N2CCC(F)(F)C2)S(=O)[O-])nc1. The molecular formula is C21H24F2N3O4S-. The molecule has 1 aliphatic rings. The molecule has 0 radical (unpaired) electrons. The predicted molar refractivity (Wildman–Crippen MR) is 110 cm³/mol. The number of rotatable bonds is 9. The van der Waals surface area contributed by atoms with Crippen molar-refractivity contribution in [1.82, 2.24) is 14.2 Å². The number of benzene rings is 1. The Bertz CT molecular complexity index is 899. The number of pyridine rings is 1. The van der Waals surface area contributed by atoms with E-state index in [-0.39, 0.29) is 44.2 Å². The zero-order valence-electron chi connectivity index (χ0n) is 17.1. The Labute approximate surface area is 182 Å². The average Bonchev–Trinajstić information content (AvgIpc) is 3.13. The van der Waals surface area contributed by atoms with Gasteiger partial charge in [0.05, 0.1) is 31.5 Å². The average molecular weight is 453 g/mol. The van der Waals surface area contributed by atoms with Gasteiger partial charge in [0.15, 0.2) is 0 Å². The Kier molecular flexibility index (Phi) is 7.82. The zero-order valence-corrected chi connectivity index (χ0v) is 17.9. The monoisotopic (exact) mass is 452 g/mol. The molecule has 2 atom stereocenters. The van der Waals surface area contributed by atoms with E-state index in [1.165, 1.54) is 23.7 Å². The molecule has 0 saturated carbocycles. The molecule has 31 heavy (non-hydrogen) atoms. The van der Waals surface area contributed by atoms with E-state index in [2.05, 4.69) is 9.72 Å². The van der Waals surface area contributed by atoms with Crippen molar-refractivity contribution in [3.8, 4) is 0 Å². The van der Waals surface area contributed by atoms with E-state index in [0.29, 0.717) is 12.1 Å². The predicted octanol–water partition coefficient (Wildman–Crippen LogP) is 2.94. The van der Waals surface area contributed by atoms with E-state index in [4.69, 9.17) is 0 Å². The molecule has 0 spiro atoms. The summed E-state index contributed by atoms with van der Waals surface area (Å²) in [4.78, 5) is 17.3. The normalized spacial score (nSPS) is 18.1. The van der Waals surface area contributed by atoms with Crippen molar-refractivity contribution in [2.24, 2.45) is 0 Å². The number of nitrogens with zero attached hydrogens (tertiary/aromatic N) is 3. The van der Waals surface area contributed by atoms with Crippen LogP contribution in [-0.4, -0.2) is 61.6 Å². The van der Waals surface area contributed by atoms with Gasteiger partial charge in [-0.05, 0) is 24.1 Å². The highest BCUT2D eigenvalue weighted by Crippen LogP contribution is 2.35. The van der Waals surface area contributed by atoms with Gasteiger partial charge in [-0.3, -0.25) is 14.1 Å². The van der Waals surface area contributed by atoms with E-state index in [1.807, 2.05) is 30.3 Å². The third kappa shape index (κ3) is 6.36. The highest BCUT2D eigenvalue weighted by Gasteiger charge is 2.41. The smallest absolute Gasteiger partial charge is 0.339 e. The van der Waals surface area contributed by atoms with E-state index < -0.39 is 23.2 Å². The molecule has 10 heteroatoms. The minimum Gasteiger partial charge on any atom is -0.760 e. The van der Waals surface area contributed by atoms with Gasteiger partial charge in [0.2, 0.25) is 0 Å². The van der Waals surface area contributed by atoms with Crippen molar-refractivity contribution in [1.29, 1.82) is 0 Å². The van der Waals surface area contributed by atoms with Crippen molar-refractivity contribution in [2.75, 3.05) is 26.7 Å². The number of likely N-dealkylation sites (tertiary alicyclic amines) is 1. The molecule has 1 aliphatic heterocycles. The quantitative estimate of drug-likeness (QED) is 0.430. The minimum atomic E-state index is -2.74. The minimum absolute atomic E-state index is 0.00916. The molecular weight excluding hydrogens is 428 g/mol. The summed E-state index contributed by atoms with van der Waals surface area (Å²) in [6.45, 7) is 0.0561. The molecule has 1 aromatic carbocycles. The van der Waals surface area contributed by atoms with Crippen LogP contribution in [0, 0.1) is 0 Å². The van der Waals surface area contributed by atoms with Gasteiger partial charge in [0.25, 0.3) is 5.92 Å². The molecule has 1 fully saturated rings. The first-order valence-corrected chi connectivity index (χ1v) is 10.9. The number of hydrogen-bond donors (Lipinski definition) is 0. The first kappa shape index (κ1) is 23.4. The number of alkyl halides is 2. The summed E-state index contributed by atoms with van der Waals surface area (Å²) in [7, 11) is 1.26. The molecule has 1 saturated heterocycles. The van der Waals surface area contributed by atoms with E-state index in [0.717, 1.165) is 5.56 Å². The summed E-state index contributed by atoms with van der Waals surface area (Å²) in [6.07, 6.45) is 1.48. The molecule has 168 valence electrons. The molecule has 1 aromatic heterocycles. The lowest BCUT2D eigenvalue weighted by atomic mass is 10.0. The van der Waals surface area contributed by atoms with Crippen molar-refractivity contribution in [3.63, 3.8) is 0 Å². The Morgan fingerprint density at radius 1 is 1.32 bits per heavy atom.